The van der Waals surface area contributed by atoms with Crippen LogP contribution in [0.3, 0.4) is 0 Å². The van der Waals surface area contributed by atoms with Gasteiger partial charge in [-0.1, -0.05) is 0 Å². The van der Waals surface area contributed by atoms with Gasteiger partial charge in [0.25, 0.3) is 0 Å². The van der Waals surface area contributed by atoms with Crippen LogP contribution in [0.1, 0.15) is 12.6 Å². The second-order valence-corrected chi connectivity index (χ2v) is 3.40. The SMILES string of the molecule is CCOc1nc(NN)nc(NCc2ccncn2)n1. The van der Waals surface area contributed by atoms with Crippen LogP contribution in [0.4, 0.5) is 11.9 Å². The Morgan fingerprint density at radius 2 is 2.11 bits per heavy atom. The van der Waals surface area contributed by atoms with E-state index in [-0.39, 0.29) is 12.0 Å². The number of rotatable bonds is 6. The van der Waals surface area contributed by atoms with Gasteiger partial charge >= 0.3 is 6.01 Å². The Morgan fingerprint density at radius 3 is 2.79 bits per heavy atom. The molecule has 0 bridgehead atoms. The van der Waals surface area contributed by atoms with Crippen LogP contribution in [0.2, 0.25) is 0 Å². The molecule has 2 rings (SSSR count). The Hall–Kier alpha value is -2.55. The van der Waals surface area contributed by atoms with Gasteiger partial charge in [-0.2, -0.15) is 15.0 Å². The summed E-state index contributed by atoms with van der Waals surface area (Å²) in [5.74, 6) is 5.86. The molecule has 100 valence electrons. The van der Waals surface area contributed by atoms with Gasteiger partial charge < -0.3 is 10.1 Å². The molecule has 0 spiro atoms. The fourth-order valence-corrected chi connectivity index (χ4v) is 1.29. The van der Waals surface area contributed by atoms with Crippen LogP contribution < -0.4 is 21.3 Å². The van der Waals surface area contributed by atoms with Gasteiger partial charge in [0.15, 0.2) is 0 Å². The maximum absolute atomic E-state index is 5.28. The maximum Gasteiger partial charge on any atom is 0.323 e. The van der Waals surface area contributed by atoms with E-state index in [1.165, 1.54) is 6.33 Å². The summed E-state index contributed by atoms with van der Waals surface area (Å²) < 4.78 is 5.22. The highest BCUT2D eigenvalue weighted by molar-refractivity contribution is 5.35. The molecule has 0 aliphatic rings. The molecule has 9 nitrogen and oxygen atoms in total. The van der Waals surface area contributed by atoms with Gasteiger partial charge in [-0.25, -0.2) is 15.8 Å². The lowest BCUT2D eigenvalue weighted by molar-refractivity contribution is 0.312. The van der Waals surface area contributed by atoms with Crippen molar-refractivity contribution in [3.63, 3.8) is 0 Å². The third-order valence-electron chi connectivity index (χ3n) is 2.09. The summed E-state index contributed by atoms with van der Waals surface area (Å²) >= 11 is 0. The third-order valence-corrected chi connectivity index (χ3v) is 2.09. The van der Waals surface area contributed by atoms with Gasteiger partial charge in [0.05, 0.1) is 18.8 Å². The van der Waals surface area contributed by atoms with E-state index in [1.54, 1.807) is 12.3 Å². The highest BCUT2D eigenvalue weighted by Crippen LogP contribution is 2.10. The van der Waals surface area contributed by atoms with E-state index < -0.39 is 0 Å². The van der Waals surface area contributed by atoms with Gasteiger partial charge in [0.2, 0.25) is 11.9 Å². The summed E-state index contributed by atoms with van der Waals surface area (Å²) in [6, 6.07) is 2.00. The number of hydrogen-bond donors (Lipinski definition) is 3. The van der Waals surface area contributed by atoms with E-state index in [1.807, 2.05) is 6.92 Å². The van der Waals surface area contributed by atoms with Gasteiger partial charge in [-0.05, 0) is 13.0 Å². The largest absolute Gasteiger partial charge is 0.464 e. The standard InChI is InChI=1S/C10H14N8O/c1-2-19-10-16-8(15-9(17-10)18-11)13-5-7-3-4-12-6-14-7/h3-4,6H,2,5,11H2,1H3,(H2,13,15,16,17,18). The average Bonchev–Trinajstić information content (AvgIpc) is 2.46. The Labute approximate surface area is 109 Å². The summed E-state index contributed by atoms with van der Waals surface area (Å²) in [6.07, 6.45) is 3.14. The van der Waals surface area contributed by atoms with Crippen molar-refractivity contribution < 1.29 is 4.74 Å². The van der Waals surface area contributed by atoms with Crippen molar-refractivity contribution in [2.45, 2.75) is 13.5 Å². The fourth-order valence-electron chi connectivity index (χ4n) is 1.29. The first-order valence-electron chi connectivity index (χ1n) is 5.66. The second kappa shape index (κ2) is 6.40. The first kappa shape index (κ1) is 12.9. The van der Waals surface area contributed by atoms with E-state index in [2.05, 4.69) is 35.7 Å². The number of hydrogen-bond acceptors (Lipinski definition) is 9. The lowest BCUT2D eigenvalue weighted by Crippen LogP contribution is -2.14. The van der Waals surface area contributed by atoms with Crippen LogP contribution in [0.25, 0.3) is 0 Å². The molecule has 19 heavy (non-hydrogen) atoms. The third kappa shape index (κ3) is 3.71. The summed E-state index contributed by atoms with van der Waals surface area (Å²) in [5.41, 5.74) is 3.17. The molecule has 0 fully saturated rings. The summed E-state index contributed by atoms with van der Waals surface area (Å²) in [4.78, 5) is 20.0. The Morgan fingerprint density at radius 1 is 1.26 bits per heavy atom. The Bertz CT molecular complexity index is 520. The molecule has 0 aliphatic heterocycles. The van der Waals surface area contributed by atoms with Crippen molar-refractivity contribution >= 4 is 11.9 Å². The minimum atomic E-state index is 0.204. The number of ether oxygens (including phenoxy) is 1. The highest BCUT2D eigenvalue weighted by Gasteiger charge is 2.06. The monoisotopic (exact) mass is 262 g/mol. The Balaban J connectivity index is 2.08. The normalized spacial score (nSPS) is 10.0. The quantitative estimate of drug-likeness (QED) is 0.485. The molecule has 0 aromatic carbocycles. The molecule has 9 heteroatoms. The minimum absolute atomic E-state index is 0.204. The first-order valence-corrected chi connectivity index (χ1v) is 5.66. The lowest BCUT2D eigenvalue weighted by atomic mass is 10.4. The fraction of sp³-hybridized carbons (Fsp3) is 0.300. The molecule has 0 amide bonds. The average molecular weight is 262 g/mol. The van der Waals surface area contributed by atoms with Crippen molar-refractivity contribution in [2.24, 2.45) is 5.84 Å². The van der Waals surface area contributed by atoms with Crippen LogP contribution in [-0.2, 0) is 6.54 Å². The predicted octanol–water partition coefficient (Wildman–Crippen LogP) is -0.0420. The molecular weight excluding hydrogens is 248 g/mol. The lowest BCUT2D eigenvalue weighted by Gasteiger charge is -2.08. The number of nitrogens with one attached hydrogen (secondary N) is 2. The molecular formula is C10H14N8O. The van der Waals surface area contributed by atoms with Gasteiger partial charge in [0, 0.05) is 6.20 Å². The molecule has 0 atom stereocenters. The second-order valence-electron chi connectivity index (χ2n) is 3.40. The molecule has 2 heterocycles. The van der Waals surface area contributed by atoms with Crippen molar-refractivity contribution in [1.82, 2.24) is 24.9 Å². The van der Waals surface area contributed by atoms with E-state index in [4.69, 9.17) is 10.6 Å². The van der Waals surface area contributed by atoms with Crippen LogP contribution in [0.15, 0.2) is 18.6 Å². The molecule has 0 saturated heterocycles. The number of hydrazine groups is 1. The van der Waals surface area contributed by atoms with Crippen molar-refractivity contribution in [1.29, 1.82) is 0 Å². The van der Waals surface area contributed by atoms with Crippen molar-refractivity contribution in [3.05, 3.63) is 24.3 Å². The van der Waals surface area contributed by atoms with Crippen LogP contribution in [-0.4, -0.2) is 31.5 Å². The summed E-state index contributed by atoms with van der Waals surface area (Å²) in [5, 5.41) is 3.01. The Kier molecular flexibility index (Phi) is 4.34. The van der Waals surface area contributed by atoms with E-state index in [0.29, 0.717) is 19.1 Å². The van der Waals surface area contributed by atoms with Crippen molar-refractivity contribution in [3.8, 4) is 6.01 Å². The smallest absolute Gasteiger partial charge is 0.323 e. The van der Waals surface area contributed by atoms with E-state index in [0.717, 1.165) is 5.69 Å². The van der Waals surface area contributed by atoms with Crippen LogP contribution >= 0.6 is 0 Å². The molecule has 0 radical (unpaired) electrons. The number of nitrogens with zero attached hydrogens (tertiary/aromatic N) is 5. The van der Waals surface area contributed by atoms with Gasteiger partial charge in [0.1, 0.15) is 6.33 Å². The number of anilines is 2. The molecule has 4 N–H and O–H groups in total. The molecule has 2 aromatic heterocycles. The summed E-state index contributed by atoms with van der Waals surface area (Å²) in [6.45, 7) is 2.76. The first-order chi connectivity index (χ1) is 9.31. The molecule has 0 unspecified atom stereocenters. The van der Waals surface area contributed by atoms with Gasteiger partial charge in [-0.3, -0.25) is 5.43 Å². The topological polar surface area (TPSA) is 124 Å². The number of nitrogen functional groups attached to an aromatic ring is 1. The highest BCUT2D eigenvalue weighted by atomic mass is 16.5. The zero-order chi connectivity index (χ0) is 13.5. The number of nitrogens with two attached hydrogens (primary N) is 1. The van der Waals surface area contributed by atoms with E-state index >= 15 is 0 Å². The predicted molar refractivity (Wildman–Crippen MR) is 68.2 cm³/mol. The zero-order valence-electron chi connectivity index (χ0n) is 10.4. The molecule has 0 saturated carbocycles. The zero-order valence-corrected chi connectivity index (χ0v) is 10.4. The minimum Gasteiger partial charge on any atom is -0.464 e. The number of aromatic nitrogens is 5. The molecule has 2 aromatic rings. The molecule has 0 aliphatic carbocycles. The maximum atomic E-state index is 5.28. The van der Waals surface area contributed by atoms with E-state index in [9.17, 15) is 0 Å². The van der Waals surface area contributed by atoms with Crippen LogP contribution in [0.5, 0.6) is 6.01 Å². The van der Waals surface area contributed by atoms with Gasteiger partial charge in [-0.15, -0.1) is 0 Å². The summed E-state index contributed by atoms with van der Waals surface area (Å²) in [7, 11) is 0. The van der Waals surface area contributed by atoms with Crippen LogP contribution in [0, 0.1) is 0 Å². The van der Waals surface area contributed by atoms with Crippen molar-refractivity contribution in [2.75, 3.05) is 17.3 Å².